The number of anilines is 3. The standard InChI is InChI=1S/C18H22N4OS.2H2/c1-24(23)17-5-3-16(4-6-17)22-9-8-15(12-22)21-14-2-7-18(20)13(10-14)11-19;;/h2-7,10-11,15,19,21H,8-9,12,20H2,1H3;2*1H. The maximum atomic E-state index is 11.5. The Labute approximate surface area is 147 Å². The van der Waals surface area contributed by atoms with Crippen molar-refractivity contribution >= 4 is 34.1 Å². The van der Waals surface area contributed by atoms with E-state index in [1.165, 1.54) is 6.21 Å². The Morgan fingerprint density at radius 1 is 1.33 bits per heavy atom. The van der Waals surface area contributed by atoms with Crippen LogP contribution in [0.15, 0.2) is 47.4 Å². The molecule has 2 aromatic rings. The summed E-state index contributed by atoms with van der Waals surface area (Å²) >= 11 is 0. The van der Waals surface area contributed by atoms with Crippen molar-refractivity contribution in [2.75, 3.05) is 35.3 Å². The van der Waals surface area contributed by atoms with E-state index in [-0.39, 0.29) is 2.85 Å². The van der Waals surface area contributed by atoms with Crippen LogP contribution in [0.25, 0.3) is 0 Å². The van der Waals surface area contributed by atoms with E-state index in [1.807, 2.05) is 42.5 Å². The van der Waals surface area contributed by atoms with Crippen LogP contribution >= 0.6 is 0 Å². The van der Waals surface area contributed by atoms with Gasteiger partial charge in [-0.25, -0.2) is 0 Å². The summed E-state index contributed by atoms with van der Waals surface area (Å²) < 4.78 is 11.5. The fourth-order valence-electron chi connectivity index (χ4n) is 2.99. The van der Waals surface area contributed by atoms with Crippen LogP contribution in [0.5, 0.6) is 0 Å². The molecule has 0 aromatic heterocycles. The zero-order valence-electron chi connectivity index (χ0n) is 13.7. The number of benzene rings is 2. The highest BCUT2D eigenvalue weighted by atomic mass is 32.2. The maximum absolute atomic E-state index is 11.5. The zero-order chi connectivity index (χ0) is 17.1. The second-order valence-electron chi connectivity index (χ2n) is 6.01. The molecule has 5 nitrogen and oxygen atoms in total. The Morgan fingerprint density at radius 2 is 2.08 bits per heavy atom. The molecule has 1 aliphatic rings. The van der Waals surface area contributed by atoms with Gasteiger partial charge in [0.1, 0.15) is 0 Å². The zero-order valence-corrected chi connectivity index (χ0v) is 14.5. The monoisotopic (exact) mass is 346 g/mol. The van der Waals surface area contributed by atoms with Crippen molar-refractivity contribution in [1.82, 2.24) is 0 Å². The van der Waals surface area contributed by atoms with Crippen LogP contribution in [-0.4, -0.2) is 35.8 Å². The second kappa shape index (κ2) is 7.05. The number of nitrogens with one attached hydrogen (secondary N) is 2. The Morgan fingerprint density at radius 3 is 2.75 bits per heavy atom. The Balaban J connectivity index is 0.00000169. The second-order valence-corrected chi connectivity index (χ2v) is 7.39. The van der Waals surface area contributed by atoms with Crippen LogP contribution in [0.2, 0.25) is 0 Å². The van der Waals surface area contributed by atoms with Crippen molar-refractivity contribution in [3.8, 4) is 0 Å². The SMILES string of the molecule is CS(=O)c1ccc(N2CCC(Nc3ccc(N)c(C=N)c3)C2)cc1.[HH].[HH]. The molecule has 1 saturated heterocycles. The molecule has 3 rings (SSSR count). The topological polar surface area (TPSA) is 82.2 Å². The van der Waals surface area contributed by atoms with E-state index in [4.69, 9.17) is 11.1 Å². The quantitative estimate of drug-likeness (QED) is 0.573. The number of hydrogen-bond acceptors (Lipinski definition) is 5. The minimum absolute atomic E-state index is 0. The molecular weight excluding hydrogens is 320 g/mol. The van der Waals surface area contributed by atoms with Gasteiger partial charge in [-0.2, -0.15) is 0 Å². The molecule has 24 heavy (non-hydrogen) atoms. The molecule has 1 fully saturated rings. The number of rotatable bonds is 5. The van der Waals surface area contributed by atoms with Gasteiger partial charge in [0.05, 0.1) is 0 Å². The fraction of sp³-hybridized carbons (Fsp3) is 0.278. The molecule has 0 aliphatic carbocycles. The molecule has 2 atom stereocenters. The molecule has 4 N–H and O–H groups in total. The van der Waals surface area contributed by atoms with E-state index in [1.54, 1.807) is 6.26 Å². The van der Waals surface area contributed by atoms with E-state index in [9.17, 15) is 4.21 Å². The van der Waals surface area contributed by atoms with Gasteiger partial charge in [-0.3, -0.25) is 4.21 Å². The molecule has 0 spiro atoms. The third kappa shape index (κ3) is 3.59. The molecule has 6 heteroatoms. The van der Waals surface area contributed by atoms with E-state index in [2.05, 4.69) is 10.2 Å². The number of nitrogens with zero attached hydrogens (tertiary/aromatic N) is 1. The van der Waals surface area contributed by atoms with Crippen molar-refractivity contribution in [1.29, 1.82) is 5.41 Å². The molecule has 0 radical (unpaired) electrons. The minimum Gasteiger partial charge on any atom is -0.398 e. The van der Waals surface area contributed by atoms with Gasteiger partial charge in [0.25, 0.3) is 0 Å². The molecule has 0 amide bonds. The molecule has 130 valence electrons. The van der Waals surface area contributed by atoms with Gasteiger partial charge >= 0.3 is 0 Å². The lowest BCUT2D eigenvalue weighted by molar-refractivity contribution is 0.687. The average Bonchev–Trinajstić information content (AvgIpc) is 3.05. The maximum Gasteiger partial charge on any atom is 0.0498 e. The third-order valence-electron chi connectivity index (χ3n) is 4.34. The fourth-order valence-corrected chi connectivity index (χ4v) is 3.51. The molecular formula is C18H26N4OS. The van der Waals surface area contributed by atoms with E-state index in [0.29, 0.717) is 11.7 Å². The summed E-state index contributed by atoms with van der Waals surface area (Å²) in [5.74, 6) is 0. The molecule has 2 unspecified atom stereocenters. The predicted molar refractivity (Wildman–Crippen MR) is 106 cm³/mol. The molecule has 1 aliphatic heterocycles. The first-order chi connectivity index (χ1) is 11.6. The van der Waals surface area contributed by atoms with Gasteiger partial charge in [0, 0.05) is 72.8 Å². The summed E-state index contributed by atoms with van der Waals surface area (Å²) in [4.78, 5) is 3.18. The molecule has 2 aromatic carbocycles. The highest BCUT2D eigenvalue weighted by Gasteiger charge is 2.22. The average molecular weight is 346 g/mol. The van der Waals surface area contributed by atoms with Gasteiger partial charge in [0.2, 0.25) is 0 Å². The smallest absolute Gasteiger partial charge is 0.0498 e. The lowest BCUT2D eigenvalue weighted by atomic mass is 10.1. The summed E-state index contributed by atoms with van der Waals surface area (Å²) in [6.45, 7) is 1.90. The molecule has 1 heterocycles. The summed E-state index contributed by atoms with van der Waals surface area (Å²) in [6.07, 6.45) is 4.02. The summed E-state index contributed by atoms with van der Waals surface area (Å²) in [5.41, 5.74) is 9.34. The van der Waals surface area contributed by atoms with Crippen molar-refractivity contribution < 1.29 is 7.06 Å². The van der Waals surface area contributed by atoms with Crippen LogP contribution in [-0.2, 0) is 10.8 Å². The van der Waals surface area contributed by atoms with Crippen molar-refractivity contribution in [2.24, 2.45) is 0 Å². The van der Waals surface area contributed by atoms with Gasteiger partial charge < -0.3 is 21.4 Å². The Hall–Kier alpha value is -2.34. The van der Waals surface area contributed by atoms with Gasteiger partial charge in [0.15, 0.2) is 0 Å². The highest BCUT2D eigenvalue weighted by Crippen LogP contribution is 2.24. The van der Waals surface area contributed by atoms with Gasteiger partial charge in [-0.1, -0.05) is 0 Å². The van der Waals surface area contributed by atoms with Crippen LogP contribution in [0.1, 0.15) is 14.8 Å². The van der Waals surface area contributed by atoms with Gasteiger partial charge in [-0.05, 0) is 48.9 Å². The van der Waals surface area contributed by atoms with Crippen LogP contribution < -0.4 is 16.0 Å². The van der Waals surface area contributed by atoms with Crippen molar-refractivity contribution in [3.63, 3.8) is 0 Å². The first-order valence-electron chi connectivity index (χ1n) is 7.92. The van der Waals surface area contributed by atoms with E-state index in [0.717, 1.165) is 41.3 Å². The summed E-state index contributed by atoms with van der Waals surface area (Å²) in [6, 6.07) is 14.0. The van der Waals surface area contributed by atoms with Crippen molar-refractivity contribution in [2.45, 2.75) is 17.4 Å². The first-order valence-corrected chi connectivity index (χ1v) is 9.47. The molecule has 0 saturated carbocycles. The normalized spacial score (nSPS) is 18.4. The lowest BCUT2D eigenvalue weighted by Crippen LogP contribution is -2.26. The minimum atomic E-state index is -0.937. The van der Waals surface area contributed by atoms with Gasteiger partial charge in [-0.15, -0.1) is 0 Å². The van der Waals surface area contributed by atoms with Crippen LogP contribution in [0.3, 0.4) is 0 Å². The van der Waals surface area contributed by atoms with Crippen LogP contribution in [0.4, 0.5) is 17.1 Å². The number of nitrogen functional groups attached to an aromatic ring is 1. The Bertz CT molecular complexity index is 770. The van der Waals surface area contributed by atoms with Crippen molar-refractivity contribution in [3.05, 3.63) is 48.0 Å². The highest BCUT2D eigenvalue weighted by molar-refractivity contribution is 7.84. The van der Waals surface area contributed by atoms with E-state index < -0.39 is 10.8 Å². The number of nitrogens with two attached hydrogens (primary N) is 1. The summed E-state index contributed by atoms with van der Waals surface area (Å²) in [5, 5.41) is 10.9. The third-order valence-corrected chi connectivity index (χ3v) is 5.27. The first kappa shape index (κ1) is 16.5. The lowest BCUT2D eigenvalue weighted by Gasteiger charge is -2.20. The predicted octanol–water partition coefficient (Wildman–Crippen LogP) is 3.19. The Kier molecular flexibility index (Phi) is 4.85. The van der Waals surface area contributed by atoms with E-state index >= 15 is 0 Å². The summed E-state index contributed by atoms with van der Waals surface area (Å²) in [7, 11) is -0.937. The molecule has 0 bridgehead atoms. The van der Waals surface area contributed by atoms with Crippen LogP contribution in [0, 0.1) is 5.41 Å². The number of hydrogen-bond donors (Lipinski definition) is 3. The largest absolute Gasteiger partial charge is 0.398 e.